The van der Waals surface area contributed by atoms with Crippen molar-refractivity contribution in [2.24, 2.45) is 5.92 Å². The Labute approximate surface area is 122 Å². The van der Waals surface area contributed by atoms with Gasteiger partial charge in [0.2, 0.25) is 0 Å². The minimum absolute atomic E-state index is 0.715. The third-order valence-corrected chi connectivity index (χ3v) is 3.95. The molecule has 0 spiro atoms. The van der Waals surface area contributed by atoms with Crippen LogP contribution in [0, 0.1) is 5.92 Å². The fraction of sp³-hybridized carbons (Fsp3) is 0.625. The van der Waals surface area contributed by atoms with Crippen LogP contribution in [0.3, 0.4) is 0 Å². The lowest BCUT2D eigenvalue weighted by Crippen LogP contribution is -2.23. The number of nitrogens with one attached hydrogen (secondary N) is 1. The summed E-state index contributed by atoms with van der Waals surface area (Å²) in [6.45, 7) is 15.8. The maximum atomic E-state index is 3.84. The number of hydrogen-bond donors (Lipinski definition) is 1. The zero-order chi connectivity index (χ0) is 14.1. The molecule has 0 saturated heterocycles. The molecule has 0 fully saturated rings. The molecule has 3 heteroatoms. The second kappa shape index (κ2) is 9.29. The van der Waals surface area contributed by atoms with Crippen LogP contribution in [0.25, 0.3) is 0 Å². The Hall–Kier alpha value is -0.640. The first-order valence-corrected chi connectivity index (χ1v) is 8.08. The Kier molecular flexibility index (Phi) is 8.03. The first kappa shape index (κ1) is 16.4. The van der Waals surface area contributed by atoms with Crippen molar-refractivity contribution in [3.63, 3.8) is 0 Å². The lowest BCUT2D eigenvalue weighted by molar-refractivity contribution is 0.298. The molecule has 0 aliphatic rings. The van der Waals surface area contributed by atoms with Crippen molar-refractivity contribution in [1.29, 1.82) is 0 Å². The molecule has 0 bridgehead atoms. The Morgan fingerprint density at radius 1 is 1.37 bits per heavy atom. The van der Waals surface area contributed by atoms with E-state index in [9.17, 15) is 0 Å². The van der Waals surface area contributed by atoms with Crippen molar-refractivity contribution >= 4 is 11.3 Å². The van der Waals surface area contributed by atoms with E-state index >= 15 is 0 Å². The molecule has 1 heterocycles. The van der Waals surface area contributed by atoms with E-state index in [4.69, 9.17) is 0 Å². The van der Waals surface area contributed by atoms with Crippen LogP contribution in [0.4, 0.5) is 0 Å². The van der Waals surface area contributed by atoms with Crippen molar-refractivity contribution in [3.8, 4) is 0 Å². The van der Waals surface area contributed by atoms with E-state index in [0.29, 0.717) is 5.92 Å². The van der Waals surface area contributed by atoms with Gasteiger partial charge in [-0.3, -0.25) is 4.90 Å². The van der Waals surface area contributed by atoms with E-state index < -0.39 is 0 Å². The summed E-state index contributed by atoms with van der Waals surface area (Å²) in [6, 6.07) is 4.52. The molecule has 0 aliphatic carbocycles. The molecule has 1 rings (SSSR count). The zero-order valence-corrected chi connectivity index (χ0v) is 13.4. The molecule has 2 nitrogen and oxygen atoms in total. The molecule has 0 radical (unpaired) electrons. The largest absolute Gasteiger partial charge is 0.312 e. The summed E-state index contributed by atoms with van der Waals surface area (Å²) in [5.74, 6) is 0.715. The second-order valence-corrected chi connectivity index (χ2v) is 6.67. The number of thiophene rings is 1. The van der Waals surface area contributed by atoms with Crippen molar-refractivity contribution in [2.75, 3.05) is 19.6 Å². The van der Waals surface area contributed by atoms with E-state index in [2.05, 4.69) is 49.7 Å². The molecule has 1 aromatic heterocycles. The highest BCUT2D eigenvalue weighted by atomic mass is 32.1. The van der Waals surface area contributed by atoms with Crippen LogP contribution >= 0.6 is 11.3 Å². The highest BCUT2D eigenvalue weighted by Crippen LogP contribution is 2.18. The maximum Gasteiger partial charge on any atom is 0.0331 e. The summed E-state index contributed by atoms with van der Waals surface area (Å²) in [5, 5.41) is 3.50. The third-order valence-electron chi connectivity index (χ3n) is 2.88. The highest BCUT2D eigenvalue weighted by Gasteiger charge is 2.06. The average Bonchev–Trinajstić information content (AvgIpc) is 2.77. The Morgan fingerprint density at radius 3 is 2.74 bits per heavy atom. The lowest BCUT2D eigenvalue weighted by atomic mass is 10.2. The monoisotopic (exact) mass is 280 g/mol. The predicted octanol–water partition coefficient (Wildman–Crippen LogP) is 3.89. The molecule has 108 valence electrons. The highest BCUT2D eigenvalue weighted by molar-refractivity contribution is 7.11. The van der Waals surface area contributed by atoms with E-state index in [1.165, 1.54) is 16.2 Å². The summed E-state index contributed by atoms with van der Waals surface area (Å²) >= 11 is 1.93. The van der Waals surface area contributed by atoms with Gasteiger partial charge in [0.05, 0.1) is 0 Å². The zero-order valence-electron chi connectivity index (χ0n) is 12.6. The molecule has 1 N–H and O–H groups in total. The van der Waals surface area contributed by atoms with Gasteiger partial charge >= 0.3 is 0 Å². The van der Waals surface area contributed by atoms with Crippen LogP contribution in [0.5, 0.6) is 0 Å². The first-order chi connectivity index (χ1) is 9.15. The van der Waals surface area contributed by atoms with Crippen molar-refractivity contribution in [2.45, 2.75) is 40.3 Å². The number of rotatable bonds is 10. The smallest absolute Gasteiger partial charge is 0.0331 e. The Bertz CT molecular complexity index is 357. The molecule has 0 aromatic carbocycles. The van der Waals surface area contributed by atoms with Gasteiger partial charge in [0.15, 0.2) is 0 Å². The third kappa shape index (κ3) is 6.90. The van der Waals surface area contributed by atoms with Crippen molar-refractivity contribution < 1.29 is 0 Å². The van der Waals surface area contributed by atoms with Gasteiger partial charge < -0.3 is 5.32 Å². The van der Waals surface area contributed by atoms with Crippen LogP contribution in [0.1, 0.15) is 36.9 Å². The van der Waals surface area contributed by atoms with E-state index in [1.54, 1.807) is 0 Å². The van der Waals surface area contributed by atoms with Gasteiger partial charge in [0, 0.05) is 29.4 Å². The summed E-state index contributed by atoms with van der Waals surface area (Å²) in [4.78, 5) is 5.34. The standard InChI is InChI=1S/C16H28N2S/c1-5-9-18(10-6-2)13-16-8-7-15(19-16)12-17-11-14(3)4/h5,7-8,14,17H,1,6,9-13H2,2-4H3. The van der Waals surface area contributed by atoms with Crippen LogP contribution in [-0.2, 0) is 13.1 Å². The normalized spacial score (nSPS) is 11.4. The molecule has 1 aromatic rings. The van der Waals surface area contributed by atoms with Crippen LogP contribution in [0.2, 0.25) is 0 Å². The molecule has 0 amide bonds. The van der Waals surface area contributed by atoms with Gasteiger partial charge in [-0.15, -0.1) is 17.9 Å². The van der Waals surface area contributed by atoms with Gasteiger partial charge in [-0.05, 0) is 37.6 Å². The van der Waals surface area contributed by atoms with Crippen LogP contribution in [0.15, 0.2) is 24.8 Å². The molecule has 0 atom stereocenters. The summed E-state index contributed by atoms with van der Waals surface area (Å²) in [6.07, 6.45) is 3.19. The van der Waals surface area contributed by atoms with E-state index in [0.717, 1.165) is 32.7 Å². The van der Waals surface area contributed by atoms with Gasteiger partial charge in [0.1, 0.15) is 0 Å². The molecule has 19 heavy (non-hydrogen) atoms. The fourth-order valence-corrected chi connectivity index (χ4v) is 3.07. The lowest BCUT2D eigenvalue weighted by Gasteiger charge is -2.18. The predicted molar refractivity (Wildman–Crippen MR) is 86.6 cm³/mol. The molecule has 0 aliphatic heterocycles. The topological polar surface area (TPSA) is 15.3 Å². The molecular formula is C16H28N2S. The summed E-state index contributed by atoms with van der Waals surface area (Å²) in [5.41, 5.74) is 0. The Morgan fingerprint density at radius 2 is 2.11 bits per heavy atom. The van der Waals surface area contributed by atoms with E-state index in [1.807, 2.05) is 17.4 Å². The van der Waals surface area contributed by atoms with Gasteiger partial charge in [-0.2, -0.15) is 0 Å². The minimum Gasteiger partial charge on any atom is -0.312 e. The second-order valence-electron chi connectivity index (χ2n) is 5.42. The average molecular weight is 280 g/mol. The SMILES string of the molecule is C=CCN(CCC)Cc1ccc(CNCC(C)C)s1. The van der Waals surface area contributed by atoms with Crippen molar-refractivity contribution in [3.05, 3.63) is 34.5 Å². The quantitative estimate of drug-likeness (QED) is 0.654. The number of nitrogens with zero attached hydrogens (tertiary/aromatic N) is 1. The van der Waals surface area contributed by atoms with Crippen LogP contribution < -0.4 is 5.32 Å². The van der Waals surface area contributed by atoms with Crippen molar-refractivity contribution in [1.82, 2.24) is 10.2 Å². The maximum absolute atomic E-state index is 3.84. The molecule has 0 saturated carbocycles. The molecule has 0 unspecified atom stereocenters. The molecular weight excluding hydrogens is 252 g/mol. The van der Waals surface area contributed by atoms with Gasteiger partial charge in [0.25, 0.3) is 0 Å². The van der Waals surface area contributed by atoms with Gasteiger partial charge in [-0.1, -0.05) is 26.8 Å². The van der Waals surface area contributed by atoms with Gasteiger partial charge in [-0.25, -0.2) is 0 Å². The minimum atomic E-state index is 0.715. The number of hydrogen-bond acceptors (Lipinski definition) is 3. The fourth-order valence-electron chi connectivity index (χ4n) is 2.04. The Balaban J connectivity index is 2.41. The summed E-state index contributed by atoms with van der Waals surface area (Å²) in [7, 11) is 0. The van der Waals surface area contributed by atoms with E-state index in [-0.39, 0.29) is 0 Å². The first-order valence-electron chi connectivity index (χ1n) is 7.27. The van der Waals surface area contributed by atoms with Crippen LogP contribution in [-0.4, -0.2) is 24.5 Å². The summed E-state index contributed by atoms with van der Waals surface area (Å²) < 4.78 is 0.